The molecule has 60 valence electrons. The number of nitrogens with zero attached hydrogens (tertiary/aromatic N) is 1. The summed E-state index contributed by atoms with van der Waals surface area (Å²) in [5, 5.41) is 5.31. The number of H-pyrrole nitrogens is 1. The van der Waals surface area contributed by atoms with Crippen molar-refractivity contribution in [1.82, 2.24) is 10.2 Å². The number of carbonyl (C=O) groups excluding carboxylic acids is 1. The van der Waals surface area contributed by atoms with Gasteiger partial charge >= 0.3 is 5.97 Å². The smallest absolute Gasteiger partial charge is 0.344 e. The minimum Gasteiger partial charge on any atom is -0.462 e. The molecule has 0 atom stereocenters. The molecule has 0 unspecified atom stereocenters. The molecule has 1 aromatic rings. The predicted molar refractivity (Wildman–Crippen MR) is 34.5 cm³/mol. The monoisotopic (exact) mass is 158 g/mol. The van der Waals surface area contributed by atoms with Crippen molar-refractivity contribution < 1.29 is 13.9 Å². The number of esters is 1. The average Bonchev–Trinajstić information content (AvgIpc) is 2.36. The standard InChI is InChI=1S/C6H7FN2O2/c1-2-11-6(10)4-3-8-9-5(4)7/h3H,2H2,1H3,(H,8,9). The normalized spacial score (nSPS) is 9.64. The van der Waals surface area contributed by atoms with Crippen LogP contribution in [0.5, 0.6) is 0 Å². The summed E-state index contributed by atoms with van der Waals surface area (Å²) in [6, 6.07) is 0. The Balaban J connectivity index is 2.76. The maximum atomic E-state index is 12.5. The van der Waals surface area contributed by atoms with Crippen LogP contribution in [-0.2, 0) is 4.74 Å². The molecule has 0 radical (unpaired) electrons. The summed E-state index contributed by atoms with van der Waals surface area (Å²) in [6.07, 6.45) is 1.09. The maximum absolute atomic E-state index is 12.5. The summed E-state index contributed by atoms with van der Waals surface area (Å²) in [5.41, 5.74) is -0.160. The Morgan fingerprint density at radius 1 is 1.91 bits per heavy atom. The third-order valence-corrected chi connectivity index (χ3v) is 1.09. The molecule has 0 aliphatic rings. The van der Waals surface area contributed by atoms with E-state index in [0.717, 1.165) is 6.20 Å². The van der Waals surface area contributed by atoms with Crippen LogP contribution in [0.2, 0.25) is 0 Å². The molecule has 0 amide bonds. The first-order valence-electron chi connectivity index (χ1n) is 3.11. The summed E-state index contributed by atoms with van der Waals surface area (Å²) in [6.45, 7) is 1.87. The minimum absolute atomic E-state index is 0.160. The molecular formula is C6H7FN2O2. The van der Waals surface area contributed by atoms with Crippen molar-refractivity contribution in [1.29, 1.82) is 0 Å². The second-order valence-electron chi connectivity index (χ2n) is 1.82. The molecule has 1 N–H and O–H groups in total. The fraction of sp³-hybridized carbons (Fsp3) is 0.333. The molecule has 11 heavy (non-hydrogen) atoms. The molecule has 0 saturated carbocycles. The Kier molecular flexibility index (Phi) is 2.20. The van der Waals surface area contributed by atoms with E-state index in [1.54, 1.807) is 6.92 Å². The number of nitrogens with one attached hydrogen (secondary N) is 1. The molecule has 0 fully saturated rings. The van der Waals surface area contributed by atoms with Crippen molar-refractivity contribution >= 4 is 5.97 Å². The highest BCUT2D eigenvalue weighted by molar-refractivity contribution is 5.88. The Morgan fingerprint density at radius 3 is 3.09 bits per heavy atom. The molecule has 0 aliphatic heterocycles. The second-order valence-corrected chi connectivity index (χ2v) is 1.82. The van der Waals surface area contributed by atoms with Crippen molar-refractivity contribution in [3.63, 3.8) is 0 Å². The van der Waals surface area contributed by atoms with Gasteiger partial charge in [-0.3, -0.25) is 5.10 Å². The van der Waals surface area contributed by atoms with Crippen molar-refractivity contribution in [2.24, 2.45) is 0 Å². The van der Waals surface area contributed by atoms with E-state index in [4.69, 9.17) is 0 Å². The van der Waals surface area contributed by atoms with Crippen LogP contribution >= 0.6 is 0 Å². The first-order valence-corrected chi connectivity index (χ1v) is 3.11. The van der Waals surface area contributed by atoms with Gasteiger partial charge in [-0.05, 0) is 6.92 Å². The molecule has 0 spiro atoms. The van der Waals surface area contributed by atoms with Gasteiger partial charge < -0.3 is 4.74 Å². The van der Waals surface area contributed by atoms with Crippen LogP contribution in [0, 0.1) is 5.95 Å². The van der Waals surface area contributed by atoms with Crippen molar-refractivity contribution in [3.8, 4) is 0 Å². The fourth-order valence-corrected chi connectivity index (χ4v) is 0.622. The number of halogens is 1. The molecule has 5 heteroatoms. The SMILES string of the molecule is CCOC(=O)c1cn[nH]c1F. The van der Waals surface area contributed by atoms with Crippen LogP contribution in [0.15, 0.2) is 6.20 Å². The zero-order valence-corrected chi connectivity index (χ0v) is 5.93. The predicted octanol–water partition coefficient (Wildman–Crippen LogP) is 0.726. The van der Waals surface area contributed by atoms with Crippen molar-refractivity contribution in [2.75, 3.05) is 6.61 Å². The van der Waals surface area contributed by atoms with E-state index in [2.05, 4.69) is 9.84 Å². The van der Waals surface area contributed by atoms with E-state index in [1.807, 2.05) is 5.10 Å². The maximum Gasteiger partial charge on any atom is 0.344 e. The Morgan fingerprint density at radius 2 is 2.64 bits per heavy atom. The van der Waals surface area contributed by atoms with Gasteiger partial charge in [-0.15, -0.1) is 0 Å². The van der Waals surface area contributed by atoms with Gasteiger partial charge in [0.15, 0.2) is 0 Å². The van der Waals surface area contributed by atoms with E-state index in [0.29, 0.717) is 0 Å². The number of carbonyl (C=O) groups is 1. The van der Waals surface area contributed by atoms with Crippen LogP contribution in [0.25, 0.3) is 0 Å². The minimum atomic E-state index is -0.761. The van der Waals surface area contributed by atoms with Gasteiger partial charge in [-0.2, -0.15) is 9.49 Å². The lowest BCUT2D eigenvalue weighted by Crippen LogP contribution is -2.05. The van der Waals surface area contributed by atoms with Gasteiger partial charge in [0, 0.05) is 0 Å². The Bertz CT molecular complexity index is 259. The third-order valence-electron chi connectivity index (χ3n) is 1.09. The zero-order valence-electron chi connectivity index (χ0n) is 5.93. The zero-order chi connectivity index (χ0) is 8.27. The number of aromatic nitrogens is 2. The number of hydrogen-bond donors (Lipinski definition) is 1. The first kappa shape index (κ1) is 7.71. The second kappa shape index (κ2) is 3.14. The number of aromatic amines is 1. The molecule has 0 aromatic carbocycles. The highest BCUT2D eigenvalue weighted by Crippen LogP contribution is 2.03. The highest BCUT2D eigenvalue weighted by Gasteiger charge is 2.13. The molecule has 1 heterocycles. The van der Waals surface area contributed by atoms with E-state index in [1.165, 1.54) is 0 Å². The van der Waals surface area contributed by atoms with Crippen LogP contribution in [0.1, 0.15) is 17.3 Å². The summed E-state index contributed by atoms with van der Waals surface area (Å²) < 4.78 is 17.0. The molecule has 1 rings (SSSR count). The molecule has 0 saturated heterocycles. The Labute approximate surface area is 62.4 Å². The lowest BCUT2D eigenvalue weighted by atomic mass is 10.4. The highest BCUT2D eigenvalue weighted by atomic mass is 19.1. The summed E-state index contributed by atoms with van der Waals surface area (Å²) in [4.78, 5) is 10.8. The summed E-state index contributed by atoms with van der Waals surface area (Å²) in [7, 11) is 0. The van der Waals surface area contributed by atoms with Gasteiger partial charge in [-0.25, -0.2) is 4.79 Å². The van der Waals surface area contributed by atoms with E-state index < -0.39 is 11.9 Å². The third kappa shape index (κ3) is 1.54. The number of hydrogen-bond acceptors (Lipinski definition) is 3. The summed E-state index contributed by atoms with van der Waals surface area (Å²) in [5.74, 6) is -1.46. The van der Waals surface area contributed by atoms with Gasteiger partial charge in [0.05, 0.1) is 12.8 Å². The van der Waals surface area contributed by atoms with Gasteiger partial charge in [-0.1, -0.05) is 0 Å². The van der Waals surface area contributed by atoms with Crippen LogP contribution in [0.4, 0.5) is 4.39 Å². The van der Waals surface area contributed by atoms with E-state index in [9.17, 15) is 9.18 Å². The molecule has 0 aliphatic carbocycles. The van der Waals surface area contributed by atoms with Crippen molar-refractivity contribution in [3.05, 3.63) is 17.7 Å². The van der Waals surface area contributed by atoms with Gasteiger partial charge in [0.25, 0.3) is 0 Å². The van der Waals surface area contributed by atoms with Crippen LogP contribution in [-0.4, -0.2) is 22.8 Å². The number of rotatable bonds is 2. The topological polar surface area (TPSA) is 55.0 Å². The van der Waals surface area contributed by atoms with Crippen LogP contribution in [0.3, 0.4) is 0 Å². The van der Waals surface area contributed by atoms with Crippen molar-refractivity contribution in [2.45, 2.75) is 6.92 Å². The fourth-order valence-electron chi connectivity index (χ4n) is 0.622. The lowest BCUT2D eigenvalue weighted by molar-refractivity contribution is 0.0521. The molecule has 0 bridgehead atoms. The summed E-state index contributed by atoms with van der Waals surface area (Å²) >= 11 is 0. The van der Waals surface area contributed by atoms with E-state index in [-0.39, 0.29) is 12.2 Å². The first-order chi connectivity index (χ1) is 5.25. The Hall–Kier alpha value is -1.39. The molecule has 1 aromatic heterocycles. The van der Waals surface area contributed by atoms with Gasteiger partial charge in [0.2, 0.25) is 5.95 Å². The molecular weight excluding hydrogens is 151 g/mol. The van der Waals surface area contributed by atoms with E-state index >= 15 is 0 Å². The quantitative estimate of drug-likeness (QED) is 0.645. The number of ether oxygens (including phenoxy) is 1. The van der Waals surface area contributed by atoms with Gasteiger partial charge in [0.1, 0.15) is 5.56 Å². The van der Waals surface area contributed by atoms with Crippen LogP contribution < -0.4 is 0 Å². The molecule has 4 nitrogen and oxygen atoms in total. The average molecular weight is 158 g/mol. The lowest BCUT2D eigenvalue weighted by Gasteiger charge is -1.96. The largest absolute Gasteiger partial charge is 0.462 e.